The molecule has 0 aromatic heterocycles. The summed E-state index contributed by atoms with van der Waals surface area (Å²) in [5.41, 5.74) is 3.09. The van der Waals surface area contributed by atoms with E-state index in [9.17, 15) is 5.21 Å². The van der Waals surface area contributed by atoms with Crippen molar-refractivity contribution in [2.75, 3.05) is 13.6 Å². The number of fused-ring (bicyclic) bond motifs is 1. The largest absolute Gasteiger partial charge is 0.633 e. The number of hydrogen-bond acceptors (Lipinski definition) is 1. The molecule has 0 N–H and O–H groups in total. The third-order valence-electron chi connectivity index (χ3n) is 5.80. The number of allylic oxidation sites excluding steroid dienone is 2. The third kappa shape index (κ3) is 1.44. The summed E-state index contributed by atoms with van der Waals surface area (Å²) in [5, 5.41) is 12.8. The number of piperidine rings is 1. The summed E-state index contributed by atoms with van der Waals surface area (Å²) in [5.74, 6) is 0.545. The number of hydroxylamine groups is 3. The van der Waals surface area contributed by atoms with Crippen molar-refractivity contribution in [1.82, 2.24) is 0 Å². The number of likely N-dealkylation sites (N-methyl/N-ethyl adjacent to an activating group) is 1. The molecule has 4 rings (SSSR count). The lowest BCUT2D eigenvalue weighted by molar-refractivity contribution is -0.898. The van der Waals surface area contributed by atoms with Gasteiger partial charge in [-0.1, -0.05) is 36.4 Å². The van der Waals surface area contributed by atoms with E-state index in [0.29, 0.717) is 5.92 Å². The molecule has 4 atom stereocenters. The van der Waals surface area contributed by atoms with Gasteiger partial charge in [-0.25, -0.2) is 0 Å². The molecule has 1 aromatic rings. The SMILES string of the molecule is C[N+]1([O-])CC[C@]23C=CCC[C@H]2[C@H]1Cc1ccccc13. The summed E-state index contributed by atoms with van der Waals surface area (Å²) in [7, 11) is 1.89. The second-order valence-electron chi connectivity index (χ2n) is 6.70. The van der Waals surface area contributed by atoms with Crippen LogP contribution in [0.2, 0.25) is 0 Å². The van der Waals surface area contributed by atoms with Crippen LogP contribution in [0.25, 0.3) is 0 Å². The number of quaternary nitrogens is 1. The second-order valence-corrected chi connectivity index (χ2v) is 6.70. The van der Waals surface area contributed by atoms with Gasteiger partial charge in [-0.3, -0.25) is 0 Å². The molecule has 1 saturated heterocycles. The molecule has 1 fully saturated rings. The minimum absolute atomic E-state index is 0.0331. The van der Waals surface area contributed by atoms with Crippen molar-refractivity contribution in [2.45, 2.75) is 37.1 Å². The summed E-state index contributed by atoms with van der Waals surface area (Å²) < 4.78 is -0.0331. The maximum Gasteiger partial charge on any atom is 0.0966 e. The Kier molecular flexibility index (Phi) is 2.28. The Labute approximate surface area is 114 Å². The van der Waals surface area contributed by atoms with Crippen LogP contribution < -0.4 is 0 Å². The van der Waals surface area contributed by atoms with Gasteiger partial charge in [0, 0.05) is 24.2 Å². The highest BCUT2D eigenvalue weighted by atomic mass is 16.5. The predicted octanol–water partition coefficient (Wildman–Crippen LogP) is 3.16. The van der Waals surface area contributed by atoms with Gasteiger partial charge in [-0.05, 0) is 24.0 Å². The lowest BCUT2D eigenvalue weighted by atomic mass is 9.54. The van der Waals surface area contributed by atoms with Crippen LogP contribution in [0.3, 0.4) is 0 Å². The Bertz CT molecular complexity index is 548. The van der Waals surface area contributed by atoms with E-state index in [-0.39, 0.29) is 16.1 Å². The van der Waals surface area contributed by atoms with Crippen molar-refractivity contribution < 1.29 is 4.65 Å². The molecule has 3 aliphatic rings. The van der Waals surface area contributed by atoms with E-state index >= 15 is 0 Å². The topological polar surface area (TPSA) is 23.1 Å². The molecule has 1 unspecified atom stereocenters. The maximum absolute atomic E-state index is 12.8. The lowest BCUT2D eigenvalue weighted by Gasteiger charge is -2.62. The first-order valence-electron chi connectivity index (χ1n) is 7.46. The zero-order chi connectivity index (χ0) is 13.1. The molecule has 2 nitrogen and oxygen atoms in total. The first kappa shape index (κ1) is 11.7. The number of benzene rings is 1. The van der Waals surface area contributed by atoms with Gasteiger partial charge in [0.1, 0.15) is 0 Å². The monoisotopic (exact) mass is 255 g/mol. The van der Waals surface area contributed by atoms with Gasteiger partial charge in [0.15, 0.2) is 0 Å². The highest BCUT2D eigenvalue weighted by molar-refractivity contribution is 5.44. The Morgan fingerprint density at radius 3 is 3.05 bits per heavy atom. The summed E-state index contributed by atoms with van der Waals surface area (Å²) in [6.45, 7) is 0.764. The maximum atomic E-state index is 12.8. The zero-order valence-corrected chi connectivity index (χ0v) is 11.5. The highest BCUT2D eigenvalue weighted by Crippen LogP contribution is 2.54. The summed E-state index contributed by atoms with van der Waals surface area (Å²) >= 11 is 0. The molecular formula is C17H21NO. The number of hydrogen-bond donors (Lipinski definition) is 0. The van der Waals surface area contributed by atoms with Crippen molar-refractivity contribution in [1.29, 1.82) is 0 Å². The minimum Gasteiger partial charge on any atom is -0.633 e. The summed E-state index contributed by atoms with van der Waals surface area (Å²) in [4.78, 5) is 0. The molecule has 2 bridgehead atoms. The minimum atomic E-state index is -0.0331. The quantitative estimate of drug-likeness (QED) is 0.397. The lowest BCUT2D eigenvalue weighted by Crippen LogP contribution is -2.65. The molecule has 0 amide bonds. The van der Waals surface area contributed by atoms with E-state index in [1.807, 2.05) is 7.05 Å². The van der Waals surface area contributed by atoms with Crippen molar-refractivity contribution in [3.63, 3.8) is 0 Å². The van der Waals surface area contributed by atoms with E-state index in [4.69, 9.17) is 0 Å². The molecule has 100 valence electrons. The van der Waals surface area contributed by atoms with Crippen molar-refractivity contribution in [2.24, 2.45) is 5.92 Å². The summed E-state index contributed by atoms with van der Waals surface area (Å²) in [6.07, 6.45) is 9.09. The van der Waals surface area contributed by atoms with Crippen molar-refractivity contribution in [3.05, 3.63) is 52.8 Å². The Balaban J connectivity index is 1.95. The van der Waals surface area contributed by atoms with Crippen LogP contribution in [-0.4, -0.2) is 24.3 Å². The molecule has 1 aliphatic heterocycles. The van der Waals surface area contributed by atoms with Crippen molar-refractivity contribution in [3.8, 4) is 0 Å². The van der Waals surface area contributed by atoms with Crippen LogP contribution >= 0.6 is 0 Å². The molecular weight excluding hydrogens is 234 g/mol. The van der Waals surface area contributed by atoms with Crippen LogP contribution in [0, 0.1) is 11.1 Å². The molecule has 0 spiro atoms. The summed E-state index contributed by atoms with van der Waals surface area (Å²) in [6, 6.07) is 9.07. The molecule has 0 radical (unpaired) electrons. The first-order chi connectivity index (χ1) is 9.13. The molecule has 0 saturated carbocycles. The first-order valence-corrected chi connectivity index (χ1v) is 7.46. The number of rotatable bonds is 0. The van der Waals surface area contributed by atoms with Gasteiger partial charge >= 0.3 is 0 Å². The van der Waals surface area contributed by atoms with E-state index in [1.54, 1.807) is 0 Å². The fourth-order valence-electron chi connectivity index (χ4n) is 4.85. The van der Waals surface area contributed by atoms with Gasteiger partial charge in [0.2, 0.25) is 0 Å². The second kappa shape index (κ2) is 3.71. The van der Waals surface area contributed by atoms with E-state index in [1.165, 1.54) is 17.5 Å². The van der Waals surface area contributed by atoms with Gasteiger partial charge in [-0.15, -0.1) is 0 Å². The van der Waals surface area contributed by atoms with E-state index < -0.39 is 0 Å². The van der Waals surface area contributed by atoms with Gasteiger partial charge in [-0.2, -0.15) is 0 Å². The van der Waals surface area contributed by atoms with Crippen LogP contribution in [0.15, 0.2) is 36.4 Å². The molecule has 1 heterocycles. The Hall–Kier alpha value is -1.12. The van der Waals surface area contributed by atoms with E-state index in [2.05, 4.69) is 36.4 Å². The van der Waals surface area contributed by atoms with Crippen LogP contribution in [0.5, 0.6) is 0 Å². The Morgan fingerprint density at radius 2 is 2.16 bits per heavy atom. The molecule has 2 aliphatic carbocycles. The standard InChI is InChI=1S/C17H21NO/c1-18(19)11-10-17-9-5-4-8-15(17)16(18)12-13-6-2-3-7-14(13)17/h2-3,5-7,9,15-16H,4,8,10-12H2,1H3/t15-,16+,17-,18?/m0/s1. The predicted molar refractivity (Wildman–Crippen MR) is 76.5 cm³/mol. The van der Waals surface area contributed by atoms with Gasteiger partial charge in [0.05, 0.1) is 19.6 Å². The number of nitrogens with zero attached hydrogens (tertiary/aromatic N) is 1. The fourth-order valence-corrected chi connectivity index (χ4v) is 4.85. The molecule has 1 aromatic carbocycles. The van der Waals surface area contributed by atoms with Gasteiger partial charge < -0.3 is 9.85 Å². The zero-order valence-electron chi connectivity index (χ0n) is 11.5. The van der Waals surface area contributed by atoms with Gasteiger partial charge in [0.25, 0.3) is 0 Å². The third-order valence-corrected chi connectivity index (χ3v) is 5.80. The number of likely N-dealkylation sites (tertiary alicyclic amines) is 1. The smallest absolute Gasteiger partial charge is 0.0966 e. The molecule has 2 heteroatoms. The van der Waals surface area contributed by atoms with E-state index in [0.717, 1.165) is 25.8 Å². The van der Waals surface area contributed by atoms with Crippen LogP contribution in [-0.2, 0) is 11.8 Å². The van der Waals surface area contributed by atoms with Crippen LogP contribution in [0.4, 0.5) is 0 Å². The Morgan fingerprint density at radius 1 is 1.32 bits per heavy atom. The highest BCUT2D eigenvalue weighted by Gasteiger charge is 2.55. The molecule has 19 heavy (non-hydrogen) atoms. The fraction of sp³-hybridized carbons (Fsp3) is 0.529. The van der Waals surface area contributed by atoms with Crippen molar-refractivity contribution >= 4 is 0 Å². The van der Waals surface area contributed by atoms with Crippen LogP contribution in [0.1, 0.15) is 30.4 Å². The average molecular weight is 255 g/mol. The normalized spacial score (nSPS) is 43.5. The average Bonchev–Trinajstić information content (AvgIpc) is 2.43.